The minimum absolute atomic E-state index is 0.0639. The van der Waals surface area contributed by atoms with Crippen LogP contribution in [0.15, 0.2) is 18.2 Å². The van der Waals surface area contributed by atoms with Gasteiger partial charge in [0.1, 0.15) is 11.6 Å². The predicted molar refractivity (Wildman–Crippen MR) is 67.2 cm³/mol. The largest absolute Gasteiger partial charge is 0.379 e. The fourth-order valence-corrected chi connectivity index (χ4v) is 2.30. The van der Waals surface area contributed by atoms with Crippen molar-refractivity contribution in [2.75, 3.05) is 26.3 Å². The fourth-order valence-electron chi connectivity index (χ4n) is 2.30. The van der Waals surface area contributed by atoms with Gasteiger partial charge in [-0.1, -0.05) is 0 Å². The Labute approximate surface area is 111 Å². The minimum Gasteiger partial charge on any atom is -0.379 e. The van der Waals surface area contributed by atoms with Crippen LogP contribution in [0.2, 0.25) is 0 Å². The second-order valence-corrected chi connectivity index (χ2v) is 5.15. The number of carbonyl (C=O) groups is 1. The van der Waals surface area contributed by atoms with E-state index < -0.39 is 17.2 Å². The summed E-state index contributed by atoms with van der Waals surface area (Å²) in [5.41, 5.74) is -0.738. The molecule has 3 nitrogen and oxygen atoms in total. The van der Waals surface area contributed by atoms with E-state index in [4.69, 9.17) is 4.74 Å². The zero-order valence-electron chi connectivity index (χ0n) is 11.1. The predicted octanol–water partition coefficient (Wildman–Crippen LogP) is 2.26. The van der Waals surface area contributed by atoms with E-state index in [-0.39, 0.29) is 11.3 Å². The Balaban J connectivity index is 2.25. The van der Waals surface area contributed by atoms with Crippen molar-refractivity contribution in [1.82, 2.24) is 4.90 Å². The van der Waals surface area contributed by atoms with Gasteiger partial charge in [0.25, 0.3) is 0 Å². The molecule has 0 aliphatic carbocycles. The van der Waals surface area contributed by atoms with Crippen LogP contribution in [0.3, 0.4) is 0 Å². The molecule has 0 N–H and O–H groups in total. The van der Waals surface area contributed by atoms with Gasteiger partial charge in [0.05, 0.1) is 18.8 Å². The van der Waals surface area contributed by atoms with E-state index in [0.29, 0.717) is 26.3 Å². The molecular formula is C14H17F2NO2. The van der Waals surface area contributed by atoms with Crippen LogP contribution >= 0.6 is 0 Å². The first-order chi connectivity index (χ1) is 8.91. The number of benzene rings is 1. The number of hydrogen-bond donors (Lipinski definition) is 0. The second kappa shape index (κ2) is 5.35. The molecule has 19 heavy (non-hydrogen) atoms. The molecule has 1 aromatic carbocycles. The van der Waals surface area contributed by atoms with Crippen LogP contribution in [0.25, 0.3) is 0 Å². The standard InChI is InChI=1S/C14H17F2NO2/c1-14(2,17-3-5-19-6-4-17)13(18)10-7-11(15)9-12(16)8-10/h7-9H,3-6H2,1-2H3. The Hall–Kier alpha value is -1.33. The van der Waals surface area contributed by atoms with Crippen LogP contribution < -0.4 is 0 Å². The molecule has 1 fully saturated rings. The number of Topliss-reactive ketones (excluding diaryl/α,β-unsaturated/α-hetero) is 1. The number of hydrogen-bond acceptors (Lipinski definition) is 3. The van der Waals surface area contributed by atoms with Crippen molar-refractivity contribution >= 4 is 5.78 Å². The van der Waals surface area contributed by atoms with E-state index in [0.717, 1.165) is 18.2 Å². The third-order valence-corrected chi connectivity index (χ3v) is 3.48. The highest BCUT2D eigenvalue weighted by molar-refractivity contribution is 6.02. The van der Waals surface area contributed by atoms with E-state index in [1.54, 1.807) is 13.8 Å². The summed E-state index contributed by atoms with van der Waals surface area (Å²) in [5, 5.41) is 0. The first-order valence-corrected chi connectivity index (χ1v) is 6.25. The first-order valence-electron chi connectivity index (χ1n) is 6.25. The molecule has 1 aliphatic heterocycles. The summed E-state index contributed by atoms with van der Waals surface area (Å²) in [6.07, 6.45) is 0. The van der Waals surface area contributed by atoms with E-state index in [1.807, 2.05) is 4.90 Å². The summed E-state index contributed by atoms with van der Waals surface area (Å²) in [7, 11) is 0. The quantitative estimate of drug-likeness (QED) is 0.788. The van der Waals surface area contributed by atoms with Crippen molar-refractivity contribution in [3.63, 3.8) is 0 Å². The molecule has 5 heteroatoms. The molecule has 0 spiro atoms. The lowest BCUT2D eigenvalue weighted by Crippen LogP contribution is -2.54. The number of nitrogens with zero attached hydrogens (tertiary/aromatic N) is 1. The van der Waals surface area contributed by atoms with Crippen LogP contribution in [0.4, 0.5) is 8.78 Å². The van der Waals surface area contributed by atoms with Gasteiger partial charge in [0.2, 0.25) is 0 Å². The summed E-state index contributed by atoms with van der Waals surface area (Å²) in [6.45, 7) is 5.93. The van der Waals surface area contributed by atoms with Crippen LogP contribution in [-0.2, 0) is 4.74 Å². The average Bonchev–Trinajstić information content (AvgIpc) is 2.37. The smallest absolute Gasteiger partial charge is 0.182 e. The molecule has 1 aromatic rings. The Morgan fingerprint density at radius 1 is 1.16 bits per heavy atom. The molecule has 0 saturated carbocycles. The highest BCUT2D eigenvalue weighted by Crippen LogP contribution is 2.22. The van der Waals surface area contributed by atoms with Crippen molar-refractivity contribution in [3.05, 3.63) is 35.4 Å². The van der Waals surface area contributed by atoms with Crippen molar-refractivity contribution in [2.45, 2.75) is 19.4 Å². The summed E-state index contributed by atoms with van der Waals surface area (Å²) < 4.78 is 31.6. The molecule has 0 unspecified atom stereocenters. The number of rotatable bonds is 3. The van der Waals surface area contributed by atoms with Crippen molar-refractivity contribution in [2.24, 2.45) is 0 Å². The van der Waals surface area contributed by atoms with Gasteiger partial charge in [-0.3, -0.25) is 9.69 Å². The molecule has 0 atom stereocenters. The van der Waals surface area contributed by atoms with Crippen LogP contribution in [0, 0.1) is 11.6 Å². The van der Waals surface area contributed by atoms with Crippen LogP contribution in [-0.4, -0.2) is 42.5 Å². The Bertz CT molecular complexity index is 462. The zero-order chi connectivity index (χ0) is 14.0. The van der Waals surface area contributed by atoms with Crippen molar-refractivity contribution < 1.29 is 18.3 Å². The minimum atomic E-state index is -0.802. The van der Waals surface area contributed by atoms with E-state index >= 15 is 0 Å². The maximum absolute atomic E-state index is 13.2. The Morgan fingerprint density at radius 2 is 1.68 bits per heavy atom. The van der Waals surface area contributed by atoms with Crippen molar-refractivity contribution in [3.8, 4) is 0 Å². The first kappa shape index (κ1) is 14.1. The van der Waals surface area contributed by atoms with E-state index in [1.165, 1.54) is 0 Å². The van der Waals surface area contributed by atoms with E-state index in [9.17, 15) is 13.6 Å². The molecule has 0 radical (unpaired) electrons. The number of ketones is 1. The van der Waals surface area contributed by atoms with Crippen LogP contribution in [0.5, 0.6) is 0 Å². The highest BCUT2D eigenvalue weighted by Gasteiger charge is 2.36. The van der Waals surface area contributed by atoms with Crippen molar-refractivity contribution in [1.29, 1.82) is 0 Å². The molecule has 0 aromatic heterocycles. The van der Waals surface area contributed by atoms with Gasteiger partial charge in [-0.2, -0.15) is 0 Å². The van der Waals surface area contributed by atoms with Gasteiger partial charge in [0, 0.05) is 24.7 Å². The fraction of sp³-hybridized carbons (Fsp3) is 0.500. The number of carbonyl (C=O) groups excluding carboxylic acids is 1. The lowest BCUT2D eigenvalue weighted by Gasteiger charge is -2.39. The number of morpholine rings is 1. The average molecular weight is 269 g/mol. The molecule has 104 valence electrons. The molecule has 1 aliphatic rings. The summed E-state index contributed by atoms with van der Waals surface area (Å²) in [4.78, 5) is 14.4. The van der Waals surface area contributed by atoms with Gasteiger partial charge >= 0.3 is 0 Å². The van der Waals surface area contributed by atoms with Gasteiger partial charge in [0.15, 0.2) is 5.78 Å². The molecule has 0 amide bonds. The molecular weight excluding hydrogens is 252 g/mol. The summed E-state index contributed by atoms with van der Waals surface area (Å²) >= 11 is 0. The SMILES string of the molecule is CC(C)(C(=O)c1cc(F)cc(F)c1)N1CCOCC1. The van der Waals surface area contributed by atoms with E-state index in [2.05, 4.69) is 0 Å². The van der Waals surface area contributed by atoms with Crippen LogP contribution in [0.1, 0.15) is 24.2 Å². The Kier molecular flexibility index (Phi) is 3.96. The van der Waals surface area contributed by atoms with Gasteiger partial charge < -0.3 is 4.74 Å². The third kappa shape index (κ3) is 2.98. The molecule has 0 bridgehead atoms. The zero-order valence-corrected chi connectivity index (χ0v) is 11.1. The lowest BCUT2D eigenvalue weighted by atomic mass is 9.91. The summed E-state index contributed by atoms with van der Waals surface area (Å²) in [6, 6.07) is 2.92. The topological polar surface area (TPSA) is 29.5 Å². The summed E-state index contributed by atoms with van der Waals surface area (Å²) in [5.74, 6) is -1.75. The maximum Gasteiger partial charge on any atom is 0.182 e. The highest BCUT2D eigenvalue weighted by atomic mass is 19.1. The molecule has 1 heterocycles. The normalized spacial score (nSPS) is 17.5. The third-order valence-electron chi connectivity index (χ3n) is 3.48. The number of ether oxygens (including phenoxy) is 1. The van der Waals surface area contributed by atoms with Gasteiger partial charge in [-0.05, 0) is 26.0 Å². The lowest BCUT2D eigenvalue weighted by molar-refractivity contribution is -0.00432. The van der Waals surface area contributed by atoms with Gasteiger partial charge in [-0.15, -0.1) is 0 Å². The monoisotopic (exact) mass is 269 g/mol. The molecule has 2 rings (SSSR count). The second-order valence-electron chi connectivity index (χ2n) is 5.15. The maximum atomic E-state index is 13.2. The number of halogens is 2. The molecule has 1 saturated heterocycles. The Morgan fingerprint density at radius 3 is 2.21 bits per heavy atom. The van der Waals surface area contributed by atoms with Gasteiger partial charge in [-0.25, -0.2) is 8.78 Å².